The van der Waals surface area contributed by atoms with E-state index in [1.165, 1.54) is 11.9 Å². The Morgan fingerprint density at radius 1 is 1.47 bits per heavy atom. The van der Waals surface area contributed by atoms with Gasteiger partial charge in [0.15, 0.2) is 0 Å². The molecule has 1 aromatic heterocycles. The summed E-state index contributed by atoms with van der Waals surface area (Å²) in [6.45, 7) is -0.325. The zero-order chi connectivity index (χ0) is 14.0. The lowest BCUT2D eigenvalue weighted by Crippen LogP contribution is -2.26. The maximum atomic E-state index is 11.0. The lowest BCUT2D eigenvalue weighted by Gasteiger charge is -2.18. The second kappa shape index (κ2) is 4.89. The Labute approximate surface area is 108 Å². The number of nitrogens with zero attached hydrogens (tertiary/aromatic N) is 3. The Hall–Kier alpha value is -2.70. The molecule has 2 rings (SSSR count). The third kappa shape index (κ3) is 2.44. The van der Waals surface area contributed by atoms with Crippen molar-refractivity contribution in [2.24, 2.45) is 0 Å². The highest BCUT2D eigenvalue weighted by molar-refractivity contribution is 5.97. The maximum absolute atomic E-state index is 11.0. The third-order valence-electron chi connectivity index (χ3n) is 2.68. The van der Waals surface area contributed by atoms with Crippen molar-refractivity contribution in [1.82, 2.24) is 4.98 Å². The van der Waals surface area contributed by atoms with Crippen LogP contribution in [0.25, 0.3) is 10.9 Å². The minimum Gasteiger partial charge on any atom is -0.480 e. The van der Waals surface area contributed by atoms with Gasteiger partial charge in [0.25, 0.3) is 0 Å². The van der Waals surface area contributed by atoms with Gasteiger partial charge in [0.1, 0.15) is 18.4 Å². The number of para-hydroxylation sites is 1. The molecule has 0 saturated heterocycles. The average Bonchev–Trinajstić information content (AvgIpc) is 2.36. The molecule has 0 fully saturated rings. The van der Waals surface area contributed by atoms with Gasteiger partial charge in [-0.25, -0.2) is 4.98 Å². The zero-order valence-electron chi connectivity index (χ0n) is 10.1. The van der Waals surface area contributed by atoms with E-state index in [2.05, 4.69) is 4.98 Å². The summed E-state index contributed by atoms with van der Waals surface area (Å²) in [6, 6.07) is 6.90. The van der Waals surface area contributed by atoms with Crippen molar-refractivity contribution in [2.75, 3.05) is 18.5 Å². The van der Waals surface area contributed by atoms with E-state index in [4.69, 9.17) is 5.11 Å². The summed E-state index contributed by atoms with van der Waals surface area (Å²) in [5.41, 5.74) is 0.640. The van der Waals surface area contributed by atoms with E-state index >= 15 is 0 Å². The van der Waals surface area contributed by atoms with Gasteiger partial charge in [0.05, 0.1) is 10.4 Å². The van der Waals surface area contributed by atoms with Gasteiger partial charge in [-0.1, -0.05) is 18.2 Å². The fourth-order valence-electron chi connectivity index (χ4n) is 1.93. The molecule has 0 aliphatic carbocycles. The number of rotatable bonds is 4. The van der Waals surface area contributed by atoms with E-state index in [-0.39, 0.29) is 17.9 Å². The van der Waals surface area contributed by atoms with Crippen LogP contribution in [0.2, 0.25) is 0 Å². The van der Waals surface area contributed by atoms with Gasteiger partial charge in [-0.3, -0.25) is 14.9 Å². The topological polar surface area (TPSA) is 96.6 Å². The van der Waals surface area contributed by atoms with Crippen LogP contribution in [0, 0.1) is 10.1 Å². The predicted octanol–water partition coefficient (Wildman–Crippen LogP) is 1.66. The molecule has 19 heavy (non-hydrogen) atoms. The number of nitro groups is 1. The van der Waals surface area contributed by atoms with Crippen LogP contribution in [0.1, 0.15) is 0 Å². The molecule has 7 nitrogen and oxygen atoms in total. The van der Waals surface area contributed by atoms with Gasteiger partial charge in [0.2, 0.25) is 0 Å². The lowest BCUT2D eigenvalue weighted by atomic mass is 10.1. The number of fused-ring (bicyclic) bond motifs is 1. The molecule has 98 valence electrons. The number of aliphatic carboxylic acids is 1. The monoisotopic (exact) mass is 261 g/mol. The Bertz CT molecular complexity index is 656. The van der Waals surface area contributed by atoms with Gasteiger partial charge in [0, 0.05) is 12.4 Å². The lowest BCUT2D eigenvalue weighted by molar-refractivity contribution is -0.384. The van der Waals surface area contributed by atoms with Crippen LogP contribution in [-0.2, 0) is 4.79 Å². The van der Waals surface area contributed by atoms with Crippen molar-refractivity contribution in [3.63, 3.8) is 0 Å². The molecule has 0 radical (unpaired) electrons. The van der Waals surface area contributed by atoms with Gasteiger partial charge in [-0.15, -0.1) is 0 Å². The number of carbonyl (C=O) groups is 1. The molecule has 0 saturated carbocycles. The van der Waals surface area contributed by atoms with E-state index in [1.807, 2.05) is 0 Å². The summed E-state index contributed by atoms with van der Waals surface area (Å²) in [5.74, 6) is -1.06. The first-order chi connectivity index (χ1) is 9.00. The summed E-state index contributed by atoms with van der Waals surface area (Å²) >= 11 is 0. The molecule has 0 amide bonds. The average molecular weight is 261 g/mol. The fraction of sp³-hybridized carbons (Fsp3) is 0.167. The molecule has 1 heterocycles. The van der Waals surface area contributed by atoms with Crippen molar-refractivity contribution >= 4 is 28.2 Å². The minimum atomic E-state index is -1.06. The minimum absolute atomic E-state index is 0.206. The van der Waals surface area contributed by atoms with Crippen LogP contribution >= 0.6 is 0 Å². The maximum Gasteiger partial charge on any atom is 0.323 e. The third-order valence-corrected chi connectivity index (χ3v) is 2.68. The van der Waals surface area contributed by atoms with Crippen molar-refractivity contribution in [1.29, 1.82) is 0 Å². The molecule has 0 aliphatic rings. The summed E-state index contributed by atoms with van der Waals surface area (Å²) in [4.78, 5) is 26.6. The Kier molecular flexibility index (Phi) is 3.28. The molecule has 7 heteroatoms. The van der Waals surface area contributed by atoms with E-state index in [0.717, 1.165) is 6.20 Å². The Morgan fingerprint density at radius 2 is 2.16 bits per heavy atom. The van der Waals surface area contributed by atoms with Gasteiger partial charge >= 0.3 is 11.7 Å². The quantitative estimate of drug-likeness (QED) is 0.664. The van der Waals surface area contributed by atoms with Crippen LogP contribution < -0.4 is 4.90 Å². The summed E-state index contributed by atoms with van der Waals surface area (Å²) in [7, 11) is 1.50. The number of carboxylic acids is 1. The van der Waals surface area contributed by atoms with E-state index in [9.17, 15) is 14.9 Å². The second-order valence-corrected chi connectivity index (χ2v) is 4.02. The second-order valence-electron chi connectivity index (χ2n) is 4.02. The number of anilines is 1. The SMILES string of the molecule is CN(CC(=O)O)c1c([N+](=O)[O-])cnc2ccccc12. The molecule has 0 spiro atoms. The number of hydrogen-bond acceptors (Lipinski definition) is 5. The first-order valence-corrected chi connectivity index (χ1v) is 5.45. The van der Waals surface area contributed by atoms with Crippen molar-refractivity contribution in [3.05, 3.63) is 40.6 Å². The molecular formula is C12H11N3O4. The molecule has 2 aromatic rings. The first-order valence-electron chi connectivity index (χ1n) is 5.45. The van der Waals surface area contributed by atoms with Crippen molar-refractivity contribution in [2.45, 2.75) is 0 Å². The van der Waals surface area contributed by atoms with Crippen LogP contribution in [0.4, 0.5) is 11.4 Å². The Morgan fingerprint density at radius 3 is 2.79 bits per heavy atom. The van der Waals surface area contributed by atoms with Crippen LogP contribution in [-0.4, -0.2) is 34.6 Å². The summed E-state index contributed by atoms with van der Waals surface area (Å²) in [6.07, 6.45) is 1.15. The molecule has 0 bridgehead atoms. The number of benzene rings is 1. The number of likely N-dealkylation sites (N-methyl/N-ethyl adjacent to an activating group) is 1. The number of hydrogen-bond donors (Lipinski definition) is 1. The van der Waals surface area contributed by atoms with Crippen LogP contribution in [0.15, 0.2) is 30.5 Å². The number of aromatic nitrogens is 1. The summed E-state index contributed by atoms with van der Waals surface area (Å²) < 4.78 is 0. The molecule has 1 aromatic carbocycles. The number of pyridine rings is 1. The normalized spacial score (nSPS) is 10.4. The number of carboxylic acid groups (broad SMARTS) is 1. The standard InChI is InChI=1S/C12H11N3O4/c1-14(7-11(16)17)12-8-4-2-3-5-9(8)13-6-10(12)15(18)19/h2-6H,7H2,1H3,(H,16,17). The van der Waals surface area contributed by atoms with Crippen LogP contribution in [0.5, 0.6) is 0 Å². The van der Waals surface area contributed by atoms with Crippen LogP contribution in [0.3, 0.4) is 0 Å². The summed E-state index contributed by atoms with van der Waals surface area (Å²) in [5, 5.41) is 20.4. The molecular weight excluding hydrogens is 250 g/mol. The molecule has 0 atom stereocenters. The van der Waals surface area contributed by atoms with E-state index in [0.29, 0.717) is 10.9 Å². The molecule has 1 N–H and O–H groups in total. The van der Waals surface area contributed by atoms with E-state index in [1.54, 1.807) is 24.3 Å². The largest absolute Gasteiger partial charge is 0.480 e. The predicted molar refractivity (Wildman–Crippen MR) is 69.3 cm³/mol. The Balaban J connectivity index is 2.68. The smallest absolute Gasteiger partial charge is 0.323 e. The van der Waals surface area contributed by atoms with Crippen molar-refractivity contribution in [3.8, 4) is 0 Å². The highest BCUT2D eigenvalue weighted by Crippen LogP contribution is 2.33. The molecule has 0 aliphatic heterocycles. The van der Waals surface area contributed by atoms with Crippen molar-refractivity contribution < 1.29 is 14.8 Å². The fourth-order valence-corrected chi connectivity index (χ4v) is 1.93. The van der Waals surface area contributed by atoms with E-state index < -0.39 is 10.9 Å². The zero-order valence-corrected chi connectivity index (χ0v) is 10.1. The first kappa shape index (κ1) is 12.7. The molecule has 0 unspecified atom stereocenters. The van der Waals surface area contributed by atoms with Gasteiger partial charge < -0.3 is 10.0 Å². The van der Waals surface area contributed by atoms with Gasteiger partial charge in [-0.2, -0.15) is 0 Å². The highest BCUT2D eigenvalue weighted by Gasteiger charge is 2.22. The van der Waals surface area contributed by atoms with Gasteiger partial charge in [-0.05, 0) is 6.07 Å². The highest BCUT2D eigenvalue weighted by atomic mass is 16.6.